The van der Waals surface area contributed by atoms with E-state index >= 15 is 0 Å². The topological polar surface area (TPSA) is 76.2 Å². The molecule has 0 spiro atoms. The fourth-order valence-electron chi connectivity index (χ4n) is 1.56. The van der Waals surface area contributed by atoms with Crippen molar-refractivity contribution in [3.8, 4) is 0 Å². The predicted molar refractivity (Wildman–Crippen MR) is 57.9 cm³/mol. The number of benzene rings is 1. The number of pyridine rings is 1. The number of hydrogen-bond donors (Lipinski definition) is 2. The molecule has 0 unspecified atom stereocenters. The molecule has 3 N–H and O–H groups in total. The second-order valence-electron chi connectivity index (χ2n) is 3.41. The Kier molecular flexibility index (Phi) is 2.04. The summed E-state index contributed by atoms with van der Waals surface area (Å²) in [7, 11) is 0. The molecule has 15 heavy (non-hydrogen) atoms. The van der Waals surface area contributed by atoms with Crippen LogP contribution in [0, 0.1) is 6.92 Å². The molecule has 4 heteroatoms. The van der Waals surface area contributed by atoms with Crippen molar-refractivity contribution in [2.24, 2.45) is 0 Å². The summed E-state index contributed by atoms with van der Waals surface area (Å²) in [5.41, 5.74) is 7.59. The van der Waals surface area contributed by atoms with E-state index in [0.29, 0.717) is 10.9 Å². The van der Waals surface area contributed by atoms with E-state index in [0.717, 1.165) is 5.56 Å². The lowest BCUT2D eigenvalue weighted by atomic mass is 10.1. The normalized spacial score (nSPS) is 10.5. The maximum absolute atomic E-state index is 11.0. The van der Waals surface area contributed by atoms with Gasteiger partial charge >= 0.3 is 5.97 Å². The minimum Gasteiger partial charge on any atom is -0.478 e. The van der Waals surface area contributed by atoms with Crippen LogP contribution < -0.4 is 5.73 Å². The number of fused-ring (bicyclic) bond motifs is 1. The first kappa shape index (κ1) is 9.45. The lowest BCUT2D eigenvalue weighted by Crippen LogP contribution is -2.04. The molecule has 1 aromatic carbocycles. The molecule has 0 fully saturated rings. The number of carboxylic acids is 1. The number of aromatic carboxylic acids is 1. The highest BCUT2D eigenvalue weighted by Gasteiger charge is 2.13. The fraction of sp³-hybridized carbons (Fsp3) is 0.0909. The van der Waals surface area contributed by atoms with Crippen molar-refractivity contribution in [1.29, 1.82) is 0 Å². The van der Waals surface area contributed by atoms with Gasteiger partial charge in [0.05, 0.1) is 23.0 Å². The maximum atomic E-state index is 11.0. The van der Waals surface area contributed by atoms with Gasteiger partial charge in [-0.15, -0.1) is 0 Å². The molecule has 4 nitrogen and oxygen atoms in total. The monoisotopic (exact) mass is 202 g/mol. The van der Waals surface area contributed by atoms with Gasteiger partial charge in [0.1, 0.15) is 0 Å². The van der Waals surface area contributed by atoms with Gasteiger partial charge in [0.25, 0.3) is 0 Å². The second kappa shape index (κ2) is 3.24. The number of carbonyl (C=O) groups is 1. The Morgan fingerprint density at radius 1 is 1.47 bits per heavy atom. The maximum Gasteiger partial charge on any atom is 0.338 e. The summed E-state index contributed by atoms with van der Waals surface area (Å²) >= 11 is 0. The molecule has 0 aliphatic carbocycles. The molecule has 0 bridgehead atoms. The van der Waals surface area contributed by atoms with Crippen LogP contribution in [0.1, 0.15) is 15.9 Å². The quantitative estimate of drug-likeness (QED) is 0.739. The van der Waals surface area contributed by atoms with Gasteiger partial charge in [-0.25, -0.2) is 4.79 Å². The Bertz CT molecular complexity index is 550. The van der Waals surface area contributed by atoms with Gasteiger partial charge in [0.15, 0.2) is 0 Å². The van der Waals surface area contributed by atoms with Crippen LogP contribution >= 0.6 is 0 Å². The number of hydrogen-bond acceptors (Lipinski definition) is 3. The first-order valence-corrected chi connectivity index (χ1v) is 4.47. The zero-order valence-electron chi connectivity index (χ0n) is 8.19. The number of aryl methyl sites for hydroxylation is 1. The number of anilines is 1. The fourth-order valence-corrected chi connectivity index (χ4v) is 1.56. The molecule has 0 amide bonds. The Morgan fingerprint density at radius 2 is 2.20 bits per heavy atom. The van der Waals surface area contributed by atoms with E-state index < -0.39 is 5.97 Å². The number of rotatable bonds is 1. The van der Waals surface area contributed by atoms with Crippen LogP contribution in [-0.4, -0.2) is 16.1 Å². The summed E-state index contributed by atoms with van der Waals surface area (Å²) in [6.07, 6.45) is 1.38. The zero-order valence-corrected chi connectivity index (χ0v) is 8.19. The number of aromatic nitrogens is 1. The Labute approximate surface area is 86.4 Å². The third-order valence-electron chi connectivity index (χ3n) is 2.27. The van der Waals surface area contributed by atoms with Gasteiger partial charge in [0, 0.05) is 5.39 Å². The van der Waals surface area contributed by atoms with Gasteiger partial charge in [0.2, 0.25) is 0 Å². The third-order valence-corrected chi connectivity index (χ3v) is 2.27. The van der Waals surface area contributed by atoms with Crippen LogP contribution in [0.3, 0.4) is 0 Å². The highest BCUT2D eigenvalue weighted by molar-refractivity contribution is 6.06. The molecule has 0 radical (unpaired) electrons. The average Bonchev–Trinajstić information content (AvgIpc) is 2.17. The molecule has 1 aromatic heterocycles. The van der Waals surface area contributed by atoms with Gasteiger partial charge in [-0.05, 0) is 18.6 Å². The van der Waals surface area contributed by atoms with Gasteiger partial charge < -0.3 is 10.8 Å². The summed E-state index contributed by atoms with van der Waals surface area (Å²) < 4.78 is 0. The van der Waals surface area contributed by atoms with E-state index in [1.165, 1.54) is 6.20 Å². The summed E-state index contributed by atoms with van der Waals surface area (Å²) in [5.74, 6) is -1.02. The molecule has 0 saturated heterocycles. The largest absolute Gasteiger partial charge is 0.478 e. The Hall–Kier alpha value is -2.10. The number of nitrogen functional groups attached to an aromatic ring is 1. The predicted octanol–water partition coefficient (Wildman–Crippen LogP) is 1.82. The average molecular weight is 202 g/mol. The molecule has 2 rings (SSSR count). The van der Waals surface area contributed by atoms with Crippen LogP contribution in [0.4, 0.5) is 5.69 Å². The van der Waals surface area contributed by atoms with Crippen molar-refractivity contribution in [2.45, 2.75) is 6.92 Å². The lowest BCUT2D eigenvalue weighted by molar-refractivity contribution is 0.0700. The molecule has 0 aliphatic rings. The summed E-state index contributed by atoms with van der Waals surface area (Å²) in [6, 6.07) is 5.41. The van der Waals surface area contributed by atoms with E-state index in [1.54, 1.807) is 6.07 Å². The van der Waals surface area contributed by atoms with E-state index in [-0.39, 0.29) is 11.3 Å². The molecule has 1 heterocycles. The minimum absolute atomic E-state index is 0.125. The van der Waals surface area contributed by atoms with Crippen LogP contribution in [0.5, 0.6) is 0 Å². The lowest BCUT2D eigenvalue weighted by Gasteiger charge is -2.05. The Balaban J connectivity index is 2.88. The standard InChI is InChI=1S/C11H10N2O2/c1-6-2-3-7-9(4-6)13-5-8(12)10(7)11(14)15/h2-5H,12H2,1H3,(H,14,15). The number of nitrogens with zero attached hydrogens (tertiary/aromatic N) is 1. The summed E-state index contributed by atoms with van der Waals surface area (Å²) in [5, 5.41) is 9.60. The van der Waals surface area contributed by atoms with Crippen molar-refractivity contribution in [2.75, 3.05) is 5.73 Å². The van der Waals surface area contributed by atoms with Gasteiger partial charge in [-0.3, -0.25) is 4.98 Å². The second-order valence-corrected chi connectivity index (χ2v) is 3.41. The van der Waals surface area contributed by atoms with Crippen molar-refractivity contribution in [3.63, 3.8) is 0 Å². The van der Waals surface area contributed by atoms with Crippen molar-refractivity contribution >= 4 is 22.6 Å². The highest BCUT2D eigenvalue weighted by Crippen LogP contribution is 2.22. The van der Waals surface area contributed by atoms with E-state index in [1.807, 2.05) is 19.1 Å². The van der Waals surface area contributed by atoms with Gasteiger partial charge in [-0.1, -0.05) is 12.1 Å². The molecular formula is C11H10N2O2. The van der Waals surface area contributed by atoms with Crippen molar-refractivity contribution in [3.05, 3.63) is 35.5 Å². The minimum atomic E-state index is -1.02. The van der Waals surface area contributed by atoms with Crippen molar-refractivity contribution < 1.29 is 9.90 Å². The van der Waals surface area contributed by atoms with E-state index in [2.05, 4.69) is 4.98 Å². The first-order chi connectivity index (χ1) is 7.09. The summed E-state index contributed by atoms with van der Waals surface area (Å²) in [6.45, 7) is 1.93. The van der Waals surface area contributed by atoms with Crippen LogP contribution in [0.15, 0.2) is 24.4 Å². The molecule has 0 atom stereocenters. The van der Waals surface area contributed by atoms with Gasteiger partial charge in [-0.2, -0.15) is 0 Å². The first-order valence-electron chi connectivity index (χ1n) is 4.47. The molecular weight excluding hydrogens is 192 g/mol. The third kappa shape index (κ3) is 1.50. The van der Waals surface area contributed by atoms with Crippen LogP contribution in [0.2, 0.25) is 0 Å². The molecule has 76 valence electrons. The molecule has 0 saturated carbocycles. The number of carboxylic acid groups (broad SMARTS) is 1. The smallest absolute Gasteiger partial charge is 0.338 e. The molecule has 0 aliphatic heterocycles. The number of nitrogens with two attached hydrogens (primary N) is 1. The van der Waals surface area contributed by atoms with Crippen LogP contribution in [-0.2, 0) is 0 Å². The Morgan fingerprint density at radius 3 is 2.87 bits per heavy atom. The highest BCUT2D eigenvalue weighted by atomic mass is 16.4. The van der Waals surface area contributed by atoms with E-state index in [4.69, 9.17) is 10.8 Å². The van der Waals surface area contributed by atoms with Crippen LogP contribution in [0.25, 0.3) is 10.9 Å². The molecule has 2 aromatic rings. The van der Waals surface area contributed by atoms with E-state index in [9.17, 15) is 4.79 Å². The van der Waals surface area contributed by atoms with Crippen molar-refractivity contribution in [1.82, 2.24) is 4.98 Å². The summed E-state index contributed by atoms with van der Waals surface area (Å²) in [4.78, 5) is 15.1. The zero-order chi connectivity index (χ0) is 11.0. The SMILES string of the molecule is Cc1ccc2c(C(=O)O)c(N)cnc2c1.